The first-order chi connectivity index (χ1) is 13.6. The molecular weight excluding hydrogens is 537 g/mol. The number of halogens is 2. The normalized spacial score (nSPS) is 13.4. The van der Waals surface area contributed by atoms with E-state index >= 15 is 0 Å². The van der Waals surface area contributed by atoms with E-state index in [1.807, 2.05) is 48.1 Å². The lowest BCUT2D eigenvalue weighted by Gasteiger charge is -2.20. The molecule has 0 saturated carbocycles. The van der Waals surface area contributed by atoms with Gasteiger partial charge >= 0.3 is 0 Å². The zero-order valence-electron chi connectivity index (χ0n) is 17.8. The van der Waals surface area contributed by atoms with Gasteiger partial charge in [-0.1, -0.05) is 23.7 Å². The first kappa shape index (κ1) is 26.7. The zero-order chi connectivity index (χ0) is 21.5. The summed E-state index contributed by atoms with van der Waals surface area (Å²) in [6.45, 7) is 8.50. The third-order valence-electron chi connectivity index (χ3n) is 4.46. The molecule has 0 saturated heterocycles. The van der Waals surface area contributed by atoms with Crippen molar-refractivity contribution in [1.29, 1.82) is 0 Å². The molecule has 0 aliphatic rings. The second-order valence-electron chi connectivity index (χ2n) is 7.63. The summed E-state index contributed by atoms with van der Waals surface area (Å²) < 4.78 is 25.7. The molecule has 1 heterocycles. The lowest BCUT2D eigenvalue weighted by molar-refractivity contribution is 0.531. The average Bonchev–Trinajstić information content (AvgIpc) is 3.16. The number of aromatic nitrogens is 2. The van der Waals surface area contributed by atoms with Crippen LogP contribution in [-0.2, 0) is 9.84 Å². The number of hydrogen-bond acceptors (Lipinski definition) is 4. The molecule has 30 heavy (non-hydrogen) atoms. The molecule has 168 valence electrons. The Bertz CT molecular complexity index is 894. The SMILES string of the molecule is CCNC(=NCC(c1ccc(Cl)cc1)n1cccn1)NCCS(=O)(=O)C(C)(C)C.I. The molecule has 2 aromatic rings. The fraction of sp³-hybridized carbons (Fsp3) is 0.500. The molecule has 1 aromatic heterocycles. The van der Waals surface area contributed by atoms with Crippen LogP contribution in [0.2, 0.25) is 5.02 Å². The maximum atomic E-state index is 12.3. The van der Waals surface area contributed by atoms with Crippen molar-refractivity contribution >= 4 is 51.4 Å². The van der Waals surface area contributed by atoms with Gasteiger partial charge in [-0.25, -0.2) is 8.42 Å². The van der Waals surface area contributed by atoms with Gasteiger partial charge in [0.1, 0.15) is 0 Å². The molecule has 0 bridgehead atoms. The Morgan fingerprint density at radius 1 is 1.23 bits per heavy atom. The van der Waals surface area contributed by atoms with Gasteiger partial charge in [0.25, 0.3) is 0 Å². The predicted molar refractivity (Wildman–Crippen MR) is 135 cm³/mol. The number of nitrogens with one attached hydrogen (secondary N) is 2. The van der Waals surface area contributed by atoms with Gasteiger partial charge in [-0.05, 0) is 51.5 Å². The highest BCUT2D eigenvalue weighted by molar-refractivity contribution is 14.0. The maximum Gasteiger partial charge on any atom is 0.191 e. The van der Waals surface area contributed by atoms with E-state index in [-0.39, 0.29) is 35.8 Å². The Morgan fingerprint density at radius 3 is 2.43 bits per heavy atom. The van der Waals surface area contributed by atoms with Crippen molar-refractivity contribution in [3.63, 3.8) is 0 Å². The van der Waals surface area contributed by atoms with Crippen molar-refractivity contribution in [3.8, 4) is 0 Å². The minimum atomic E-state index is -3.19. The first-order valence-corrected chi connectivity index (χ1v) is 11.7. The minimum Gasteiger partial charge on any atom is -0.357 e. The number of guanidine groups is 1. The van der Waals surface area contributed by atoms with E-state index in [9.17, 15) is 8.42 Å². The Hall–Kier alpha value is -1.33. The summed E-state index contributed by atoms with van der Waals surface area (Å²) in [4.78, 5) is 4.66. The molecule has 0 fully saturated rings. The predicted octanol–water partition coefficient (Wildman–Crippen LogP) is 3.51. The van der Waals surface area contributed by atoms with E-state index in [1.165, 1.54) is 0 Å². The summed E-state index contributed by atoms with van der Waals surface area (Å²) in [6.07, 6.45) is 3.62. The van der Waals surface area contributed by atoms with E-state index in [0.717, 1.165) is 5.56 Å². The van der Waals surface area contributed by atoms with Crippen molar-refractivity contribution < 1.29 is 8.42 Å². The summed E-state index contributed by atoms with van der Waals surface area (Å²) >= 11 is 6.02. The highest BCUT2D eigenvalue weighted by atomic mass is 127. The average molecular weight is 568 g/mol. The second kappa shape index (κ2) is 11.9. The summed E-state index contributed by atoms with van der Waals surface area (Å²) in [5, 5.41) is 11.3. The number of rotatable bonds is 8. The molecule has 1 unspecified atom stereocenters. The number of benzene rings is 1. The van der Waals surface area contributed by atoms with Gasteiger partial charge in [0.2, 0.25) is 0 Å². The van der Waals surface area contributed by atoms with Gasteiger partial charge in [0, 0.05) is 30.5 Å². The zero-order valence-corrected chi connectivity index (χ0v) is 21.7. The number of nitrogens with zero attached hydrogens (tertiary/aromatic N) is 3. The third-order valence-corrected chi connectivity index (χ3v) is 7.32. The van der Waals surface area contributed by atoms with Crippen LogP contribution in [0.4, 0.5) is 0 Å². The Morgan fingerprint density at radius 2 is 1.90 bits per heavy atom. The van der Waals surface area contributed by atoms with E-state index in [2.05, 4.69) is 20.7 Å². The summed E-state index contributed by atoms with van der Waals surface area (Å²) in [5.74, 6) is 0.614. The smallest absolute Gasteiger partial charge is 0.191 e. The van der Waals surface area contributed by atoms with Crippen LogP contribution in [0.3, 0.4) is 0 Å². The van der Waals surface area contributed by atoms with E-state index in [1.54, 1.807) is 27.0 Å². The summed E-state index contributed by atoms with van der Waals surface area (Å²) in [6, 6.07) is 9.38. The largest absolute Gasteiger partial charge is 0.357 e. The molecule has 0 radical (unpaired) electrons. The molecule has 1 atom stereocenters. The number of aliphatic imine (C=N–C) groups is 1. The van der Waals surface area contributed by atoms with Gasteiger partial charge in [0.05, 0.1) is 23.1 Å². The van der Waals surface area contributed by atoms with Gasteiger partial charge in [-0.2, -0.15) is 5.10 Å². The standard InChI is InChI=1S/C20H30ClN5O2S.HI/c1-5-22-19(23-12-14-29(27,28)20(2,3)4)24-15-18(26-13-6-11-25-26)16-7-9-17(21)10-8-16;/h6-11,13,18H,5,12,14-15H2,1-4H3,(H2,22,23,24);1H. The second-order valence-corrected chi connectivity index (χ2v) is 10.9. The molecule has 0 amide bonds. The van der Waals surface area contributed by atoms with Crippen LogP contribution in [0.5, 0.6) is 0 Å². The molecule has 0 aliphatic carbocycles. The van der Waals surface area contributed by atoms with Gasteiger partial charge in [-0.3, -0.25) is 9.67 Å². The van der Waals surface area contributed by atoms with E-state index in [0.29, 0.717) is 30.6 Å². The molecule has 1 aromatic carbocycles. The molecule has 0 aliphatic heterocycles. The molecular formula is C20H31ClIN5O2S. The highest BCUT2D eigenvalue weighted by Crippen LogP contribution is 2.20. The maximum absolute atomic E-state index is 12.3. The van der Waals surface area contributed by atoms with Crippen molar-refractivity contribution in [1.82, 2.24) is 20.4 Å². The monoisotopic (exact) mass is 567 g/mol. The molecule has 0 spiro atoms. The van der Waals surface area contributed by atoms with E-state index < -0.39 is 14.6 Å². The van der Waals surface area contributed by atoms with Crippen molar-refractivity contribution in [2.24, 2.45) is 4.99 Å². The Kier molecular flexibility index (Phi) is 10.6. The van der Waals surface area contributed by atoms with Crippen LogP contribution >= 0.6 is 35.6 Å². The van der Waals surface area contributed by atoms with Gasteiger partial charge < -0.3 is 10.6 Å². The Labute approximate surface area is 201 Å². The molecule has 2 N–H and O–H groups in total. The third kappa shape index (κ3) is 7.73. The van der Waals surface area contributed by atoms with Crippen LogP contribution in [0.25, 0.3) is 0 Å². The Balaban J connectivity index is 0.00000450. The topological polar surface area (TPSA) is 88.4 Å². The summed E-state index contributed by atoms with van der Waals surface area (Å²) in [7, 11) is -3.19. The van der Waals surface area contributed by atoms with E-state index in [4.69, 9.17) is 11.6 Å². The number of sulfone groups is 1. The van der Waals surface area contributed by atoms with Crippen molar-refractivity contribution in [3.05, 3.63) is 53.3 Å². The quantitative estimate of drug-likeness (QED) is 0.290. The first-order valence-electron chi connectivity index (χ1n) is 9.63. The molecule has 2 rings (SSSR count). The van der Waals surface area contributed by atoms with Crippen molar-refractivity contribution in [2.75, 3.05) is 25.4 Å². The molecule has 10 heteroatoms. The fourth-order valence-corrected chi connectivity index (χ4v) is 3.73. The number of hydrogen-bond donors (Lipinski definition) is 2. The van der Waals surface area contributed by atoms with Crippen molar-refractivity contribution in [2.45, 2.75) is 38.5 Å². The highest BCUT2D eigenvalue weighted by Gasteiger charge is 2.28. The lowest BCUT2D eigenvalue weighted by atomic mass is 10.1. The molecule has 7 nitrogen and oxygen atoms in total. The lowest BCUT2D eigenvalue weighted by Crippen LogP contribution is -2.42. The van der Waals surface area contributed by atoms with Crippen LogP contribution in [0.1, 0.15) is 39.3 Å². The fourth-order valence-electron chi connectivity index (χ4n) is 2.62. The van der Waals surface area contributed by atoms with Gasteiger partial charge in [-0.15, -0.1) is 24.0 Å². The van der Waals surface area contributed by atoms with Crippen LogP contribution < -0.4 is 10.6 Å². The van der Waals surface area contributed by atoms with Crippen LogP contribution in [0, 0.1) is 0 Å². The van der Waals surface area contributed by atoms with Crippen LogP contribution in [0.15, 0.2) is 47.7 Å². The summed E-state index contributed by atoms with van der Waals surface area (Å²) in [5.41, 5.74) is 1.04. The minimum absolute atomic E-state index is 0. The van der Waals surface area contributed by atoms with Gasteiger partial charge in [0.15, 0.2) is 15.8 Å². The van der Waals surface area contributed by atoms with Crippen LogP contribution in [-0.4, -0.2) is 54.3 Å².